The van der Waals surface area contributed by atoms with Gasteiger partial charge in [-0.2, -0.15) is 4.67 Å². The predicted octanol–water partition coefficient (Wildman–Crippen LogP) is 3.35. The Morgan fingerprint density at radius 3 is 2.06 bits per heavy atom. The van der Waals surface area contributed by atoms with E-state index in [-0.39, 0.29) is 18.0 Å². The molecule has 0 saturated carbocycles. The Morgan fingerprint density at radius 2 is 1.50 bits per heavy atom. The van der Waals surface area contributed by atoms with Gasteiger partial charge in [0.15, 0.2) is 0 Å². The first-order chi connectivity index (χ1) is 24.4. The van der Waals surface area contributed by atoms with E-state index in [1.54, 1.807) is 76.6 Å². The molecule has 19 heteroatoms. The van der Waals surface area contributed by atoms with Crippen LogP contribution in [0.2, 0.25) is 0 Å². The second-order valence-corrected chi connectivity index (χ2v) is 15.7. The molecule has 0 radical (unpaired) electrons. The minimum absolute atomic E-state index is 0.0395. The minimum Gasteiger partial charge on any atom is -0.427 e. The Hall–Kier alpha value is -4.61. The zero-order valence-corrected chi connectivity index (χ0v) is 30.6. The van der Waals surface area contributed by atoms with E-state index in [0.717, 1.165) is 4.67 Å². The average molecular weight is 750 g/mol. The molecule has 1 fully saturated rings. The van der Waals surface area contributed by atoms with E-state index in [9.17, 15) is 28.8 Å². The molecular weight excluding hydrogens is 705 g/mol. The summed E-state index contributed by atoms with van der Waals surface area (Å²) in [5.74, 6) is -3.15. The Morgan fingerprint density at radius 1 is 0.923 bits per heavy atom. The van der Waals surface area contributed by atoms with E-state index in [0.29, 0.717) is 11.0 Å². The smallest absolute Gasteiger partial charge is 0.427 e. The highest BCUT2D eigenvalue weighted by molar-refractivity contribution is 7.51. The SMILES string of the molecule is CC(C)(C)C(=O)OCOC(=O)CN(CC(=O)OCOC(=O)C(C)(C)C)P(=O)(OC[C@H]1O[C@@H](n2ccc3c(N)ncnc32)C[C@@H]1O)Oc1ccccc1. The maximum atomic E-state index is 14.7. The third kappa shape index (κ3) is 10.7. The van der Waals surface area contributed by atoms with Gasteiger partial charge in [0.05, 0.1) is 28.9 Å². The molecule has 2 aromatic heterocycles. The molecular formula is C33H44N5O13P. The van der Waals surface area contributed by atoms with Crippen LogP contribution in [0, 0.1) is 10.8 Å². The third-order valence-electron chi connectivity index (χ3n) is 7.43. The van der Waals surface area contributed by atoms with Crippen LogP contribution in [0.4, 0.5) is 5.82 Å². The van der Waals surface area contributed by atoms with Gasteiger partial charge in [-0.25, -0.2) is 14.5 Å². The van der Waals surface area contributed by atoms with Crippen LogP contribution < -0.4 is 10.3 Å². The van der Waals surface area contributed by atoms with E-state index in [1.165, 1.54) is 18.5 Å². The summed E-state index contributed by atoms with van der Waals surface area (Å²) in [5.41, 5.74) is 4.66. The van der Waals surface area contributed by atoms with Crippen molar-refractivity contribution in [3.8, 4) is 5.75 Å². The van der Waals surface area contributed by atoms with Gasteiger partial charge in [-0.3, -0.25) is 23.7 Å². The maximum absolute atomic E-state index is 14.7. The highest BCUT2D eigenvalue weighted by atomic mass is 31.2. The largest absolute Gasteiger partial charge is 0.462 e. The van der Waals surface area contributed by atoms with Gasteiger partial charge < -0.3 is 43.6 Å². The molecule has 1 saturated heterocycles. The summed E-state index contributed by atoms with van der Waals surface area (Å²) in [6.07, 6.45) is 0.155. The van der Waals surface area contributed by atoms with Crippen molar-refractivity contribution < 1.29 is 61.6 Å². The van der Waals surface area contributed by atoms with Gasteiger partial charge in [-0.05, 0) is 59.7 Å². The number of para-hydroxylation sites is 1. The van der Waals surface area contributed by atoms with Gasteiger partial charge >= 0.3 is 31.6 Å². The highest BCUT2D eigenvalue weighted by Gasteiger charge is 2.43. The van der Waals surface area contributed by atoms with Crippen LogP contribution in [0.5, 0.6) is 5.75 Å². The number of benzene rings is 1. The number of esters is 4. The maximum Gasteiger partial charge on any atom is 0.462 e. The van der Waals surface area contributed by atoms with Gasteiger partial charge in [-0.1, -0.05) is 18.2 Å². The number of nitrogen functional groups attached to an aromatic ring is 1. The van der Waals surface area contributed by atoms with Gasteiger partial charge in [0.25, 0.3) is 0 Å². The quantitative estimate of drug-likeness (QED) is 0.129. The van der Waals surface area contributed by atoms with Crippen molar-refractivity contribution in [2.45, 2.75) is 66.4 Å². The Bertz CT molecular complexity index is 1730. The lowest BCUT2D eigenvalue weighted by molar-refractivity contribution is -0.173. The molecule has 3 N–H and O–H groups in total. The minimum atomic E-state index is -4.74. The average Bonchev–Trinajstić information content (AvgIpc) is 3.67. The van der Waals surface area contributed by atoms with E-state index in [2.05, 4.69) is 9.97 Å². The topological polar surface area (TPSA) is 230 Å². The van der Waals surface area contributed by atoms with Crippen LogP contribution in [-0.4, -0.2) is 93.7 Å². The lowest BCUT2D eigenvalue weighted by Gasteiger charge is -2.30. The van der Waals surface area contributed by atoms with Crippen molar-refractivity contribution in [3.05, 3.63) is 48.9 Å². The first-order valence-electron chi connectivity index (χ1n) is 16.2. The number of ether oxygens (including phenoxy) is 5. The standard InChI is InChI=1S/C33H44N5O13P/c1-32(2,3)30(42)47-19-45-26(40)15-37(16-27(41)46-20-48-31(43)33(4,5)6)52(44,51-21-10-8-7-9-11-21)49-17-24-23(39)14-25(50-24)38-13-12-22-28(34)35-18-36-29(22)38/h7-13,18,23-25,39H,14-17,19-20H2,1-6H3,(H2,34,35,36)/t23-,24+,25+,52?/m0/s1. The zero-order chi connectivity index (χ0) is 38.3. The van der Waals surface area contributed by atoms with Crippen LogP contribution in [0.15, 0.2) is 48.9 Å². The van der Waals surface area contributed by atoms with Crippen LogP contribution in [0.1, 0.15) is 54.2 Å². The summed E-state index contributed by atoms with van der Waals surface area (Å²) in [7, 11) is -4.74. The van der Waals surface area contributed by atoms with Crippen molar-refractivity contribution in [1.29, 1.82) is 0 Å². The fourth-order valence-corrected chi connectivity index (χ4v) is 6.19. The first kappa shape index (κ1) is 40.2. The molecule has 4 atom stereocenters. The molecule has 1 aromatic carbocycles. The van der Waals surface area contributed by atoms with Crippen molar-refractivity contribution in [1.82, 2.24) is 19.2 Å². The number of aliphatic hydroxyl groups is 1. The zero-order valence-electron chi connectivity index (χ0n) is 29.8. The number of anilines is 1. The number of aliphatic hydroxyl groups excluding tert-OH is 1. The van der Waals surface area contributed by atoms with Gasteiger partial charge in [0.1, 0.15) is 49.0 Å². The molecule has 1 unspecified atom stereocenters. The first-order valence-corrected chi connectivity index (χ1v) is 17.7. The number of hydrogen-bond acceptors (Lipinski definition) is 16. The summed E-state index contributed by atoms with van der Waals surface area (Å²) >= 11 is 0. The van der Waals surface area contributed by atoms with Crippen LogP contribution in [0.25, 0.3) is 11.0 Å². The normalized spacial score (nSPS) is 18.8. The van der Waals surface area contributed by atoms with Crippen molar-refractivity contribution in [3.63, 3.8) is 0 Å². The van der Waals surface area contributed by atoms with Crippen LogP contribution >= 0.6 is 7.75 Å². The Balaban J connectivity index is 1.54. The number of carbonyl (C=O) groups is 4. The Kier molecular flexibility index (Phi) is 13.0. The molecule has 1 aliphatic heterocycles. The monoisotopic (exact) mass is 749 g/mol. The molecule has 3 heterocycles. The van der Waals surface area contributed by atoms with Crippen LogP contribution in [0.3, 0.4) is 0 Å². The molecule has 0 bridgehead atoms. The summed E-state index contributed by atoms with van der Waals surface area (Å²) in [5, 5.41) is 11.5. The molecule has 0 spiro atoms. The van der Waals surface area contributed by atoms with Crippen molar-refractivity contribution in [2.24, 2.45) is 10.8 Å². The summed E-state index contributed by atoms with van der Waals surface area (Å²) < 4.78 is 54.9. The second-order valence-electron chi connectivity index (χ2n) is 13.8. The molecule has 52 heavy (non-hydrogen) atoms. The van der Waals surface area contributed by atoms with Crippen molar-refractivity contribution >= 4 is 48.5 Å². The van der Waals surface area contributed by atoms with Crippen molar-refractivity contribution in [2.75, 3.05) is 39.0 Å². The van der Waals surface area contributed by atoms with E-state index >= 15 is 0 Å². The molecule has 0 amide bonds. The van der Waals surface area contributed by atoms with Crippen LogP contribution in [-0.2, 0) is 52.0 Å². The lowest BCUT2D eigenvalue weighted by Crippen LogP contribution is -2.38. The number of fused-ring (bicyclic) bond motifs is 1. The lowest BCUT2D eigenvalue weighted by atomic mass is 9.97. The van der Waals surface area contributed by atoms with E-state index in [1.807, 2.05) is 0 Å². The molecule has 18 nitrogen and oxygen atoms in total. The van der Waals surface area contributed by atoms with Gasteiger partial charge in [-0.15, -0.1) is 0 Å². The number of aromatic nitrogens is 3. The van der Waals surface area contributed by atoms with Gasteiger partial charge in [0.2, 0.25) is 13.6 Å². The molecule has 1 aliphatic rings. The number of nitrogens with zero attached hydrogens (tertiary/aromatic N) is 4. The molecule has 4 rings (SSSR count). The molecule has 0 aliphatic carbocycles. The number of nitrogens with two attached hydrogens (primary N) is 1. The Labute approximate surface area is 300 Å². The third-order valence-corrected chi connectivity index (χ3v) is 9.33. The van der Waals surface area contributed by atoms with E-state index in [4.69, 9.17) is 38.5 Å². The summed E-state index contributed by atoms with van der Waals surface area (Å²) in [6, 6.07) is 9.48. The highest BCUT2D eigenvalue weighted by Crippen LogP contribution is 2.52. The number of carbonyl (C=O) groups excluding carboxylic acids is 4. The number of hydrogen-bond donors (Lipinski definition) is 2. The fourth-order valence-electron chi connectivity index (χ4n) is 4.56. The predicted molar refractivity (Wildman–Crippen MR) is 182 cm³/mol. The fraction of sp³-hybridized carbons (Fsp3) is 0.515. The second kappa shape index (κ2) is 16.8. The van der Waals surface area contributed by atoms with Gasteiger partial charge in [0, 0.05) is 12.6 Å². The summed E-state index contributed by atoms with van der Waals surface area (Å²) in [6.45, 7) is 5.79. The summed E-state index contributed by atoms with van der Waals surface area (Å²) in [4.78, 5) is 58.5. The molecule has 284 valence electrons. The molecule has 3 aromatic rings. The number of rotatable bonds is 15. The van der Waals surface area contributed by atoms with E-state index < -0.39 is 94.2 Å².